The Kier molecular flexibility index (Phi) is 3.37. The van der Waals surface area contributed by atoms with Gasteiger partial charge in [-0.2, -0.15) is 0 Å². The molecule has 0 aliphatic heterocycles. The highest BCUT2D eigenvalue weighted by Gasteiger charge is 2.05. The number of rotatable bonds is 3. The number of halogens is 1. The monoisotopic (exact) mass is 233 g/mol. The molecule has 2 heterocycles. The van der Waals surface area contributed by atoms with Crippen molar-refractivity contribution in [2.75, 3.05) is 5.32 Å². The first-order valence-corrected chi connectivity index (χ1v) is 5.42. The minimum Gasteiger partial charge on any atom is -0.363 e. The third kappa shape index (κ3) is 2.70. The van der Waals surface area contributed by atoms with Crippen molar-refractivity contribution >= 4 is 17.4 Å². The zero-order chi connectivity index (χ0) is 11.4. The molecule has 0 saturated heterocycles. The van der Waals surface area contributed by atoms with Crippen LogP contribution in [-0.2, 0) is 0 Å². The lowest BCUT2D eigenvalue weighted by molar-refractivity contribution is 0.866. The molecule has 1 N–H and O–H groups in total. The molecule has 0 aromatic carbocycles. The molecule has 1 unspecified atom stereocenters. The van der Waals surface area contributed by atoms with Crippen molar-refractivity contribution in [1.29, 1.82) is 0 Å². The quantitative estimate of drug-likeness (QED) is 0.827. The first-order chi connectivity index (χ1) is 7.75. The number of aromatic nitrogens is 2. The van der Waals surface area contributed by atoms with Crippen LogP contribution in [0.5, 0.6) is 0 Å². The Morgan fingerprint density at radius 1 is 1.25 bits per heavy atom. The Morgan fingerprint density at radius 2 is 2.12 bits per heavy atom. The zero-order valence-electron chi connectivity index (χ0n) is 8.89. The van der Waals surface area contributed by atoms with E-state index in [9.17, 15) is 0 Å². The molecule has 0 aliphatic rings. The molecule has 1 atom stereocenters. The van der Waals surface area contributed by atoms with Gasteiger partial charge in [0.25, 0.3) is 0 Å². The first-order valence-electron chi connectivity index (χ1n) is 5.05. The maximum Gasteiger partial charge on any atom is 0.131 e. The van der Waals surface area contributed by atoms with Gasteiger partial charge in [-0.25, -0.2) is 4.98 Å². The molecule has 2 aromatic rings. The largest absolute Gasteiger partial charge is 0.363 e. The van der Waals surface area contributed by atoms with Gasteiger partial charge in [-0.3, -0.25) is 4.98 Å². The molecule has 16 heavy (non-hydrogen) atoms. The standard InChI is InChI=1S/C12H12ClN3/c1-9(10-4-3-7-14-8-10)15-12-6-2-5-11(13)16-12/h2-9H,1H3,(H,15,16). The van der Waals surface area contributed by atoms with E-state index in [1.165, 1.54) is 0 Å². The van der Waals surface area contributed by atoms with Gasteiger partial charge in [-0.1, -0.05) is 23.7 Å². The van der Waals surface area contributed by atoms with E-state index in [1.807, 2.05) is 30.5 Å². The fourth-order valence-corrected chi connectivity index (χ4v) is 1.59. The third-order valence-electron chi connectivity index (χ3n) is 2.26. The van der Waals surface area contributed by atoms with Gasteiger partial charge in [0.2, 0.25) is 0 Å². The summed E-state index contributed by atoms with van der Waals surface area (Å²) in [5.41, 5.74) is 1.12. The molecule has 3 nitrogen and oxygen atoms in total. The molecular formula is C12H12ClN3. The lowest BCUT2D eigenvalue weighted by atomic mass is 10.1. The van der Waals surface area contributed by atoms with Crippen LogP contribution in [0.2, 0.25) is 5.15 Å². The third-order valence-corrected chi connectivity index (χ3v) is 2.47. The highest BCUT2D eigenvalue weighted by atomic mass is 35.5. The number of pyridine rings is 2. The van der Waals surface area contributed by atoms with Crippen LogP contribution >= 0.6 is 11.6 Å². The molecule has 0 saturated carbocycles. The summed E-state index contributed by atoms with van der Waals surface area (Å²) in [6, 6.07) is 9.60. The summed E-state index contributed by atoms with van der Waals surface area (Å²) in [5.74, 6) is 0.767. The summed E-state index contributed by atoms with van der Waals surface area (Å²) in [7, 11) is 0. The highest BCUT2D eigenvalue weighted by molar-refractivity contribution is 6.29. The van der Waals surface area contributed by atoms with E-state index < -0.39 is 0 Å². The SMILES string of the molecule is CC(Nc1cccc(Cl)n1)c1cccnc1. The lowest BCUT2D eigenvalue weighted by Gasteiger charge is -2.14. The maximum atomic E-state index is 5.81. The van der Waals surface area contributed by atoms with Crippen molar-refractivity contribution in [1.82, 2.24) is 9.97 Å². The van der Waals surface area contributed by atoms with Crippen LogP contribution in [0.15, 0.2) is 42.7 Å². The number of nitrogens with one attached hydrogen (secondary N) is 1. The minimum absolute atomic E-state index is 0.152. The Bertz CT molecular complexity index is 459. The molecule has 0 aliphatic carbocycles. The Morgan fingerprint density at radius 3 is 2.81 bits per heavy atom. The van der Waals surface area contributed by atoms with E-state index in [2.05, 4.69) is 22.2 Å². The molecule has 0 spiro atoms. The predicted octanol–water partition coefficient (Wildman–Crippen LogP) is 3.30. The van der Waals surface area contributed by atoms with Crippen LogP contribution < -0.4 is 5.32 Å². The highest BCUT2D eigenvalue weighted by Crippen LogP contribution is 2.17. The average Bonchev–Trinajstić information content (AvgIpc) is 2.30. The van der Waals surface area contributed by atoms with Crippen LogP contribution in [0.3, 0.4) is 0 Å². The van der Waals surface area contributed by atoms with Crippen molar-refractivity contribution in [2.24, 2.45) is 0 Å². The smallest absolute Gasteiger partial charge is 0.131 e. The molecule has 2 aromatic heterocycles. The minimum atomic E-state index is 0.152. The predicted molar refractivity (Wildman–Crippen MR) is 65.5 cm³/mol. The molecule has 0 fully saturated rings. The van der Waals surface area contributed by atoms with Gasteiger partial charge in [0.15, 0.2) is 0 Å². The molecule has 0 amide bonds. The van der Waals surface area contributed by atoms with Gasteiger partial charge in [-0.05, 0) is 30.7 Å². The first kappa shape index (κ1) is 10.9. The average molecular weight is 234 g/mol. The lowest BCUT2D eigenvalue weighted by Crippen LogP contribution is -2.07. The van der Waals surface area contributed by atoms with E-state index in [4.69, 9.17) is 11.6 Å². The summed E-state index contributed by atoms with van der Waals surface area (Å²) < 4.78 is 0. The van der Waals surface area contributed by atoms with Crippen LogP contribution in [0.1, 0.15) is 18.5 Å². The van der Waals surface area contributed by atoms with Crippen molar-refractivity contribution < 1.29 is 0 Å². The number of anilines is 1. The maximum absolute atomic E-state index is 5.81. The van der Waals surface area contributed by atoms with Crippen LogP contribution in [0, 0.1) is 0 Å². The molecular weight excluding hydrogens is 222 g/mol. The second kappa shape index (κ2) is 4.94. The molecule has 2 rings (SSSR count). The Hall–Kier alpha value is -1.61. The van der Waals surface area contributed by atoms with Gasteiger partial charge in [-0.15, -0.1) is 0 Å². The van der Waals surface area contributed by atoms with E-state index in [1.54, 1.807) is 12.3 Å². The summed E-state index contributed by atoms with van der Waals surface area (Å²) in [6.07, 6.45) is 3.59. The van der Waals surface area contributed by atoms with E-state index in [0.29, 0.717) is 5.15 Å². The van der Waals surface area contributed by atoms with Crippen molar-refractivity contribution in [3.63, 3.8) is 0 Å². The fourth-order valence-electron chi connectivity index (χ4n) is 1.43. The van der Waals surface area contributed by atoms with Gasteiger partial charge >= 0.3 is 0 Å². The summed E-state index contributed by atoms with van der Waals surface area (Å²) in [4.78, 5) is 8.25. The van der Waals surface area contributed by atoms with E-state index in [0.717, 1.165) is 11.4 Å². The molecule has 0 bridgehead atoms. The normalized spacial score (nSPS) is 12.1. The zero-order valence-corrected chi connectivity index (χ0v) is 9.65. The van der Waals surface area contributed by atoms with Gasteiger partial charge in [0, 0.05) is 12.4 Å². The molecule has 0 radical (unpaired) electrons. The van der Waals surface area contributed by atoms with Crippen LogP contribution in [0.4, 0.5) is 5.82 Å². The Balaban J connectivity index is 2.11. The number of nitrogens with zero attached hydrogens (tertiary/aromatic N) is 2. The topological polar surface area (TPSA) is 37.8 Å². The second-order valence-electron chi connectivity index (χ2n) is 3.50. The second-order valence-corrected chi connectivity index (χ2v) is 3.89. The number of hydrogen-bond donors (Lipinski definition) is 1. The van der Waals surface area contributed by atoms with Gasteiger partial charge in [0.05, 0.1) is 6.04 Å². The molecule has 4 heteroatoms. The Labute approximate surface area is 99.5 Å². The van der Waals surface area contributed by atoms with Gasteiger partial charge < -0.3 is 5.32 Å². The van der Waals surface area contributed by atoms with E-state index in [-0.39, 0.29) is 6.04 Å². The summed E-state index contributed by atoms with van der Waals surface area (Å²) in [5, 5.41) is 3.75. The van der Waals surface area contributed by atoms with Crippen molar-refractivity contribution in [2.45, 2.75) is 13.0 Å². The molecule has 82 valence electrons. The van der Waals surface area contributed by atoms with Crippen molar-refractivity contribution in [3.8, 4) is 0 Å². The van der Waals surface area contributed by atoms with E-state index >= 15 is 0 Å². The van der Waals surface area contributed by atoms with Crippen LogP contribution in [0.25, 0.3) is 0 Å². The fraction of sp³-hybridized carbons (Fsp3) is 0.167. The summed E-state index contributed by atoms with van der Waals surface area (Å²) >= 11 is 5.81. The van der Waals surface area contributed by atoms with Crippen molar-refractivity contribution in [3.05, 3.63) is 53.4 Å². The van der Waals surface area contributed by atoms with Gasteiger partial charge in [0.1, 0.15) is 11.0 Å². The van der Waals surface area contributed by atoms with Crippen LogP contribution in [-0.4, -0.2) is 9.97 Å². The number of hydrogen-bond acceptors (Lipinski definition) is 3. The summed E-state index contributed by atoms with van der Waals surface area (Å²) in [6.45, 7) is 2.06.